The van der Waals surface area contributed by atoms with Gasteiger partial charge >= 0.3 is 0 Å². The zero-order valence-corrected chi connectivity index (χ0v) is 7.35. The fourth-order valence-electron chi connectivity index (χ4n) is 1.00. The molecule has 0 saturated carbocycles. The van der Waals surface area contributed by atoms with Crippen LogP contribution in [-0.2, 0) is 6.54 Å². The molecule has 0 aliphatic heterocycles. The highest BCUT2D eigenvalue weighted by Crippen LogP contribution is 2.31. The number of nitro groups is 1. The van der Waals surface area contributed by atoms with Gasteiger partial charge in [-0.1, -0.05) is 0 Å². The van der Waals surface area contributed by atoms with Crippen molar-refractivity contribution in [3.8, 4) is 5.75 Å². The van der Waals surface area contributed by atoms with Crippen molar-refractivity contribution in [3.05, 3.63) is 27.6 Å². The number of nitrogens with zero attached hydrogens (tertiary/aromatic N) is 2. The molecule has 0 unspecified atom stereocenters. The lowest BCUT2D eigenvalue weighted by Crippen LogP contribution is -2.06. The van der Waals surface area contributed by atoms with Crippen LogP contribution in [0.15, 0.2) is 6.07 Å². The summed E-state index contributed by atoms with van der Waals surface area (Å²) in [5, 5.41) is 19.5. The van der Waals surface area contributed by atoms with Crippen molar-refractivity contribution in [2.45, 2.75) is 13.0 Å². The second-order valence-electron chi connectivity index (χ2n) is 2.62. The molecule has 8 heteroatoms. The molecule has 0 atom stereocenters. The first-order valence-electron chi connectivity index (χ1n) is 3.82. The summed E-state index contributed by atoms with van der Waals surface area (Å²) in [5.74, 6) is -0.561. The van der Waals surface area contributed by atoms with Gasteiger partial charge in [0.05, 0.1) is 16.7 Å². The maximum atomic E-state index is 12.3. The van der Waals surface area contributed by atoms with Gasteiger partial charge in [-0.05, 0) is 0 Å². The minimum atomic E-state index is -3.09. The summed E-state index contributed by atoms with van der Waals surface area (Å²) < 4.78 is 24.7. The van der Waals surface area contributed by atoms with Crippen LogP contribution >= 0.6 is 0 Å². The summed E-state index contributed by atoms with van der Waals surface area (Å²) in [6, 6.07) is 0.622. The molecule has 0 aliphatic rings. The zero-order valence-electron chi connectivity index (χ0n) is 7.35. The molecular weight excluding hydrogens is 212 g/mol. The number of rotatable bonds is 3. The smallest absolute Gasteiger partial charge is 0.300 e. The van der Waals surface area contributed by atoms with Crippen LogP contribution in [0.3, 0.4) is 0 Å². The fraction of sp³-hybridized carbons (Fsp3) is 0.286. The van der Waals surface area contributed by atoms with E-state index in [0.717, 1.165) is 0 Å². The third-order valence-corrected chi connectivity index (χ3v) is 1.68. The number of alkyl halides is 2. The Bertz CT molecular complexity index is 397. The standard InChI is InChI=1S/C7H7F2N3O3/c8-7(9)6-4(12(14)15)1-5(13)3(2-10)11-6/h1,7,13H,2,10H2. The van der Waals surface area contributed by atoms with Gasteiger partial charge in [-0.15, -0.1) is 0 Å². The molecule has 3 N–H and O–H groups in total. The van der Waals surface area contributed by atoms with E-state index >= 15 is 0 Å². The van der Waals surface area contributed by atoms with Crippen molar-refractivity contribution in [3.63, 3.8) is 0 Å². The van der Waals surface area contributed by atoms with Gasteiger partial charge in [0.2, 0.25) is 0 Å². The predicted octanol–water partition coefficient (Wildman–Crippen LogP) is 1.09. The molecule has 0 bridgehead atoms. The highest BCUT2D eigenvalue weighted by atomic mass is 19.3. The van der Waals surface area contributed by atoms with E-state index in [2.05, 4.69) is 4.98 Å². The molecule has 0 amide bonds. The van der Waals surface area contributed by atoms with Crippen LogP contribution in [0.25, 0.3) is 0 Å². The van der Waals surface area contributed by atoms with Gasteiger partial charge in [0, 0.05) is 6.54 Å². The van der Waals surface area contributed by atoms with Crippen molar-refractivity contribution >= 4 is 5.69 Å². The average molecular weight is 219 g/mol. The maximum absolute atomic E-state index is 12.3. The third-order valence-electron chi connectivity index (χ3n) is 1.68. The Hall–Kier alpha value is -1.83. The van der Waals surface area contributed by atoms with E-state index in [1.807, 2.05) is 0 Å². The van der Waals surface area contributed by atoms with Gasteiger partial charge in [-0.2, -0.15) is 0 Å². The van der Waals surface area contributed by atoms with Crippen LogP contribution in [0.2, 0.25) is 0 Å². The van der Waals surface area contributed by atoms with E-state index in [4.69, 9.17) is 10.8 Å². The molecule has 6 nitrogen and oxygen atoms in total. The van der Waals surface area contributed by atoms with E-state index in [1.165, 1.54) is 0 Å². The normalized spacial score (nSPS) is 10.7. The topological polar surface area (TPSA) is 102 Å². The average Bonchev–Trinajstić information content (AvgIpc) is 2.16. The Balaban J connectivity index is 3.38. The van der Waals surface area contributed by atoms with Gasteiger partial charge < -0.3 is 10.8 Å². The van der Waals surface area contributed by atoms with Crippen molar-refractivity contribution in [2.75, 3.05) is 0 Å². The van der Waals surface area contributed by atoms with Gasteiger partial charge in [-0.3, -0.25) is 10.1 Å². The Morgan fingerprint density at radius 2 is 2.27 bits per heavy atom. The molecule has 1 aromatic rings. The Labute approximate surface area is 82.5 Å². The second kappa shape index (κ2) is 4.13. The number of aromatic nitrogens is 1. The van der Waals surface area contributed by atoms with Crippen LogP contribution in [-0.4, -0.2) is 15.0 Å². The van der Waals surface area contributed by atoms with Crippen molar-refractivity contribution < 1.29 is 18.8 Å². The number of halogens is 2. The molecule has 0 fully saturated rings. The van der Waals surface area contributed by atoms with Gasteiger partial charge in [-0.25, -0.2) is 13.8 Å². The maximum Gasteiger partial charge on any atom is 0.300 e. The Morgan fingerprint density at radius 3 is 2.67 bits per heavy atom. The highest BCUT2D eigenvalue weighted by molar-refractivity contribution is 5.44. The highest BCUT2D eigenvalue weighted by Gasteiger charge is 2.25. The van der Waals surface area contributed by atoms with E-state index in [0.29, 0.717) is 6.07 Å². The molecular formula is C7H7F2N3O3. The summed E-state index contributed by atoms with van der Waals surface area (Å²) in [7, 11) is 0. The molecule has 1 rings (SSSR count). The van der Waals surface area contributed by atoms with E-state index < -0.39 is 28.5 Å². The largest absolute Gasteiger partial charge is 0.506 e. The fourth-order valence-corrected chi connectivity index (χ4v) is 1.00. The number of nitrogens with two attached hydrogens (primary N) is 1. The summed E-state index contributed by atoms with van der Waals surface area (Å²) >= 11 is 0. The molecule has 0 radical (unpaired) electrons. The third kappa shape index (κ3) is 2.15. The number of hydrogen-bond acceptors (Lipinski definition) is 5. The second-order valence-corrected chi connectivity index (χ2v) is 2.62. The lowest BCUT2D eigenvalue weighted by molar-refractivity contribution is -0.386. The lowest BCUT2D eigenvalue weighted by atomic mass is 10.2. The first kappa shape index (κ1) is 11.2. The molecule has 0 saturated heterocycles. The Kier molecular flexibility index (Phi) is 3.10. The van der Waals surface area contributed by atoms with Crippen molar-refractivity contribution in [1.29, 1.82) is 0 Å². The van der Waals surface area contributed by atoms with E-state index in [1.54, 1.807) is 0 Å². The summed E-state index contributed by atoms with van der Waals surface area (Å²) in [6.07, 6.45) is -3.09. The molecule has 1 heterocycles. The van der Waals surface area contributed by atoms with Crippen LogP contribution < -0.4 is 5.73 Å². The molecule has 15 heavy (non-hydrogen) atoms. The first-order valence-corrected chi connectivity index (χ1v) is 3.82. The van der Waals surface area contributed by atoms with Crippen LogP contribution in [0.5, 0.6) is 5.75 Å². The number of aromatic hydroxyl groups is 1. The number of pyridine rings is 1. The molecule has 1 aromatic heterocycles. The molecule has 0 aliphatic carbocycles. The van der Waals surface area contributed by atoms with Crippen LogP contribution in [0.1, 0.15) is 17.8 Å². The Morgan fingerprint density at radius 1 is 1.67 bits per heavy atom. The molecule has 82 valence electrons. The minimum absolute atomic E-state index is 0.198. The van der Waals surface area contributed by atoms with Gasteiger partial charge in [0.1, 0.15) is 5.75 Å². The SMILES string of the molecule is NCc1nc(C(F)F)c([N+](=O)[O-])cc1O. The summed E-state index contributed by atoms with van der Waals surface area (Å²) in [6.45, 7) is -0.274. The van der Waals surface area contributed by atoms with E-state index in [9.17, 15) is 18.9 Å². The first-order chi connectivity index (χ1) is 6.97. The van der Waals surface area contributed by atoms with Crippen LogP contribution in [0.4, 0.5) is 14.5 Å². The predicted molar refractivity (Wildman–Crippen MR) is 45.4 cm³/mol. The number of hydrogen-bond donors (Lipinski definition) is 2. The zero-order chi connectivity index (χ0) is 11.6. The monoisotopic (exact) mass is 219 g/mol. The summed E-state index contributed by atoms with van der Waals surface area (Å²) in [4.78, 5) is 12.6. The van der Waals surface area contributed by atoms with E-state index in [-0.39, 0.29) is 12.2 Å². The van der Waals surface area contributed by atoms with Gasteiger partial charge in [0.25, 0.3) is 12.1 Å². The van der Waals surface area contributed by atoms with Crippen molar-refractivity contribution in [2.24, 2.45) is 5.73 Å². The quantitative estimate of drug-likeness (QED) is 0.585. The van der Waals surface area contributed by atoms with Gasteiger partial charge in [0.15, 0.2) is 5.69 Å². The molecule has 0 aromatic carbocycles. The van der Waals surface area contributed by atoms with Crippen molar-refractivity contribution in [1.82, 2.24) is 4.98 Å². The summed E-state index contributed by atoms with van der Waals surface area (Å²) in [5.41, 5.74) is 3.01. The lowest BCUT2D eigenvalue weighted by Gasteiger charge is -2.05. The van der Waals surface area contributed by atoms with Crippen LogP contribution in [0, 0.1) is 10.1 Å². The molecule has 0 spiro atoms. The minimum Gasteiger partial charge on any atom is -0.506 e.